The van der Waals surface area contributed by atoms with Crippen LogP contribution in [0.3, 0.4) is 0 Å². The molecule has 0 aliphatic heterocycles. The van der Waals surface area contributed by atoms with Crippen molar-refractivity contribution in [1.82, 2.24) is 5.32 Å². The highest BCUT2D eigenvalue weighted by atomic mass is 14.8. The van der Waals surface area contributed by atoms with E-state index in [1.54, 1.807) is 0 Å². The van der Waals surface area contributed by atoms with E-state index in [9.17, 15) is 0 Å². The average molecular weight is 207 g/mol. The highest BCUT2D eigenvalue weighted by Gasteiger charge is 1.96. The first-order chi connectivity index (χ1) is 7.13. The third-order valence-corrected chi connectivity index (χ3v) is 2.66. The second-order valence-corrected chi connectivity index (χ2v) is 3.97. The quantitative estimate of drug-likeness (QED) is 0.610. The molecule has 0 aliphatic rings. The van der Waals surface area contributed by atoms with E-state index in [2.05, 4.69) is 51.7 Å². The molecule has 15 heavy (non-hydrogen) atoms. The summed E-state index contributed by atoms with van der Waals surface area (Å²) in [6, 6.07) is 0. The van der Waals surface area contributed by atoms with Crippen LogP contribution >= 0.6 is 0 Å². The lowest BCUT2D eigenvalue weighted by atomic mass is 10.1. The molecule has 0 saturated carbocycles. The summed E-state index contributed by atoms with van der Waals surface area (Å²) in [4.78, 5) is 0. The van der Waals surface area contributed by atoms with Gasteiger partial charge in [-0.15, -0.1) is 0 Å². The summed E-state index contributed by atoms with van der Waals surface area (Å²) in [6.07, 6.45) is 9.61. The third kappa shape index (κ3) is 7.01. The Kier molecular flexibility index (Phi) is 7.79. The number of hydrogen-bond acceptors (Lipinski definition) is 1. The van der Waals surface area contributed by atoms with Crippen molar-refractivity contribution in [3.8, 4) is 0 Å². The molecule has 0 saturated heterocycles. The Morgan fingerprint density at radius 1 is 1.40 bits per heavy atom. The summed E-state index contributed by atoms with van der Waals surface area (Å²) < 4.78 is 0. The molecule has 0 aliphatic carbocycles. The van der Waals surface area contributed by atoms with E-state index < -0.39 is 0 Å². The second-order valence-electron chi connectivity index (χ2n) is 3.97. The highest BCUT2D eigenvalue weighted by Crippen LogP contribution is 2.10. The Labute approximate surface area is 95.0 Å². The Bertz CT molecular complexity index is 236. The van der Waals surface area contributed by atoms with E-state index in [1.807, 2.05) is 6.20 Å². The maximum Gasteiger partial charge on any atom is 0.0114 e. The summed E-state index contributed by atoms with van der Waals surface area (Å²) in [5, 5.41) is 3.23. The van der Waals surface area contributed by atoms with Gasteiger partial charge in [-0.05, 0) is 25.5 Å². The minimum Gasteiger partial charge on any atom is -0.366 e. The molecule has 1 atom stereocenters. The number of nitrogens with one attached hydrogen (secondary N) is 1. The molecule has 1 unspecified atom stereocenters. The van der Waals surface area contributed by atoms with Crippen molar-refractivity contribution in [3.05, 3.63) is 36.2 Å². The van der Waals surface area contributed by atoms with E-state index in [0.717, 1.165) is 18.5 Å². The second kappa shape index (κ2) is 8.34. The van der Waals surface area contributed by atoms with E-state index in [1.165, 1.54) is 12.0 Å². The van der Waals surface area contributed by atoms with Crippen LogP contribution in [0.25, 0.3) is 0 Å². The number of hydrogen-bond donors (Lipinski definition) is 1. The summed E-state index contributed by atoms with van der Waals surface area (Å²) in [6.45, 7) is 12.7. The third-order valence-electron chi connectivity index (χ3n) is 2.66. The molecular formula is C14H25N. The molecular weight excluding hydrogens is 182 g/mol. The zero-order valence-electron chi connectivity index (χ0n) is 10.6. The molecule has 0 amide bonds. The molecule has 0 heterocycles. The van der Waals surface area contributed by atoms with Gasteiger partial charge >= 0.3 is 0 Å². The topological polar surface area (TPSA) is 12.0 Å². The van der Waals surface area contributed by atoms with Crippen molar-refractivity contribution < 1.29 is 0 Å². The van der Waals surface area contributed by atoms with Gasteiger partial charge in [0.25, 0.3) is 0 Å². The molecule has 0 radical (unpaired) electrons. The van der Waals surface area contributed by atoms with Gasteiger partial charge < -0.3 is 5.32 Å². The van der Waals surface area contributed by atoms with Gasteiger partial charge in [0.05, 0.1) is 0 Å². The van der Waals surface area contributed by atoms with Crippen molar-refractivity contribution in [2.75, 3.05) is 0 Å². The van der Waals surface area contributed by atoms with Gasteiger partial charge in [0, 0.05) is 12.1 Å². The maximum absolute atomic E-state index is 4.01. The number of allylic oxidation sites excluding steroid dienone is 3. The summed E-state index contributed by atoms with van der Waals surface area (Å²) in [7, 11) is 0. The van der Waals surface area contributed by atoms with E-state index in [4.69, 9.17) is 0 Å². The lowest BCUT2D eigenvalue weighted by Gasteiger charge is -2.08. The van der Waals surface area contributed by atoms with Crippen LogP contribution in [0.2, 0.25) is 0 Å². The first-order valence-electron chi connectivity index (χ1n) is 5.89. The standard InChI is InChI=1S/C14H25N/c1-6-12(4)9-10-15-13(5)11-14(7-2)8-3/h7,9-10,12,15H,5-6,8,11H2,1-4H3/b10-9-,14-7-. The number of rotatable bonds is 7. The maximum atomic E-state index is 4.01. The minimum absolute atomic E-state index is 0.637. The van der Waals surface area contributed by atoms with Gasteiger partial charge in [-0.3, -0.25) is 0 Å². The van der Waals surface area contributed by atoms with Crippen LogP contribution in [0.5, 0.6) is 0 Å². The average Bonchev–Trinajstić information content (AvgIpc) is 2.25. The molecule has 0 fully saturated rings. The smallest absolute Gasteiger partial charge is 0.0114 e. The Morgan fingerprint density at radius 3 is 2.53 bits per heavy atom. The molecule has 0 aromatic rings. The molecule has 0 bridgehead atoms. The molecule has 1 N–H and O–H groups in total. The normalized spacial score (nSPS) is 14.3. The van der Waals surface area contributed by atoms with Crippen LogP contribution in [0.1, 0.15) is 47.0 Å². The Balaban J connectivity index is 3.90. The van der Waals surface area contributed by atoms with Gasteiger partial charge in [0.1, 0.15) is 0 Å². The van der Waals surface area contributed by atoms with Crippen molar-refractivity contribution in [2.24, 2.45) is 5.92 Å². The molecule has 86 valence electrons. The zero-order chi connectivity index (χ0) is 11.7. The largest absolute Gasteiger partial charge is 0.366 e. The lowest BCUT2D eigenvalue weighted by molar-refractivity contribution is 0.693. The van der Waals surface area contributed by atoms with Gasteiger partial charge in [0.15, 0.2) is 0 Å². The Morgan fingerprint density at radius 2 is 2.07 bits per heavy atom. The predicted octanol–water partition coefficient (Wildman–Crippen LogP) is 4.40. The SMILES string of the molecule is C=C(C/C(=C\C)CC)N/C=C\C(C)CC. The van der Waals surface area contributed by atoms with Crippen LogP contribution in [0, 0.1) is 5.92 Å². The fourth-order valence-electron chi connectivity index (χ4n) is 1.22. The van der Waals surface area contributed by atoms with Gasteiger partial charge in [0.2, 0.25) is 0 Å². The fraction of sp³-hybridized carbons (Fsp3) is 0.571. The van der Waals surface area contributed by atoms with Crippen LogP contribution in [-0.4, -0.2) is 0 Å². The highest BCUT2D eigenvalue weighted by molar-refractivity contribution is 5.12. The van der Waals surface area contributed by atoms with Crippen LogP contribution < -0.4 is 5.32 Å². The van der Waals surface area contributed by atoms with E-state index >= 15 is 0 Å². The molecule has 0 aromatic carbocycles. The van der Waals surface area contributed by atoms with Crippen molar-refractivity contribution >= 4 is 0 Å². The van der Waals surface area contributed by atoms with Gasteiger partial charge in [-0.2, -0.15) is 0 Å². The minimum atomic E-state index is 0.637. The van der Waals surface area contributed by atoms with Gasteiger partial charge in [-0.25, -0.2) is 0 Å². The zero-order valence-corrected chi connectivity index (χ0v) is 10.6. The Hall–Kier alpha value is -0.980. The fourth-order valence-corrected chi connectivity index (χ4v) is 1.22. The lowest BCUT2D eigenvalue weighted by Crippen LogP contribution is -2.05. The monoisotopic (exact) mass is 207 g/mol. The van der Waals surface area contributed by atoms with Crippen LogP contribution in [0.4, 0.5) is 0 Å². The van der Waals surface area contributed by atoms with Crippen molar-refractivity contribution in [2.45, 2.75) is 47.0 Å². The molecule has 1 nitrogen and oxygen atoms in total. The first kappa shape index (κ1) is 14.0. The molecule has 1 heteroatoms. The molecule has 0 spiro atoms. The van der Waals surface area contributed by atoms with E-state index in [0.29, 0.717) is 5.92 Å². The first-order valence-corrected chi connectivity index (χ1v) is 5.89. The van der Waals surface area contributed by atoms with Crippen molar-refractivity contribution in [3.63, 3.8) is 0 Å². The summed E-state index contributed by atoms with van der Waals surface area (Å²) in [5.74, 6) is 0.637. The van der Waals surface area contributed by atoms with Gasteiger partial charge in [-0.1, -0.05) is 51.5 Å². The molecule has 0 rings (SSSR count). The predicted molar refractivity (Wildman–Crippen MR) is 69.5 cm³/mol. The molecule has 0 aromatic heterocycles. The van der Waals surface area contributed by atoms with Crippen LogP contribution in [-0.2, 0) is 0 Å². The summed E-state index contributed by atoms with van der Waals surface area (Å²) >= 11 is 0. The van der Waals surface area contributed by atoms with Crippen LogP contribution in [0.15, 0.2) is 36.2 Å². The van der Waals surface area contributed by atoms with E-state index in [-0.39, 0.29) is 0 Å². The summed E-state index contributed by atoms with van der Waals surface area (Å²) in [5.41, 5.74) is 2.51. The van der Waals surface area contributed by atoms with Crippen molar-refractivity contribution in [1.29, 1.82) is 0 Å².